The molecule has 1 saturated carbocycles. The van der Waals surface area contributed by atoms with Crippen LogP contribution in [0.4, 0.5) is 0 Å². The normalized spacial score (nSPS) is 31.6. The zero-order valence-electron chi connectivity index (χ0n) is 15.9. The van der Waals surface area contributed by atoms with Gasteiger partial charge < -0.3 is 25.4 Å². The summed E-state index contributed by atoms with van der Waals surface area (Å²) in [6.07, 6.45) is 8.41. The topological polar surface area (TPSA) is 69.1 Å². The number of piperidine rings is 2. The third kappa shape index (κ3) is 5.83. The number of hydrogen-bond acceptors (Lipinski definition) is 4. The van der Waals surface area contributed by atoms with Crippen LogP contribution >= 0.6 is 0 Å². The summed E-state index contributed by atoms with van der Waals surface area (Å²) in [5, 5.41) is 17.0. The van der Waals surface area contributed by atoms with Crippen LogP contribution in [0.15, 0.2) is 4.99 Å². The molecule has 2 bridgehead atoms. The number of aliphatic hydroxyl groups excluding tert-OH is 1. The van der Waals surface area contributed by atoms with Crippen molar-refractivity contribution in [3.05, 3.63) is 0 Å². The third-order valence-electron chi connectivity index (χ3n) is 5.85. The minimum Gasteiger partial charge on any atom is -0.389 e. The van der Waals surface area contributed by atoms with Gasteiger partial charge in [0.1, 0.15) is 0 Å². The summed E-state index contributed by atoms with van der Waals surface area (Å²) < 4.78 is 5.56. The number of hydrogen-bond donors (Lipinski definition) is 3. The quantitative estimate of drug-likeness (QED) is 0.454. The molecule has 1 aliphatic carbocycles. The molecule has 3 aliphatic rings. The van der Waals surface area contributed by atoms with Crippen LogP contribution in [0.5, 0.6) is 0 Å². The highest BCUT2D eigenvalue weighted by Gasteiger charge is 2.36. The molecule has 2 saturated heterocycles. The highest BCUT2D eigenvalue weighted by molar-refractivity contribution is 5.80. The van der Waals surface area contributed by atoms with E-state index < -0.39 is 6.10 Å². The van der Waals surface area contributed by atoms with Crippen molar-refractivity contribution in [2.75, 3.05) is 33.4 Å². The zero-order chi connectivity index (χ0) is 17.6. The van der Waals surface area contributed by atoms with Crippen molar-refractivity contribution in [1.29, 1.82) is 0 Å². The average molecular weight is 353 g/mol. The smallest absolute Gasteiger partial charge is 0.191 e. The van der Waals surface area contributed by atoms with Gasteiger partial charge in [-0.1, -0.05) is 6.42 Å². The maximum atomic E-state index is 10.1. The number of nitrogens with zero attached hydrogens (tertiary/aromatic N) is 2. The predicted octanol–water partition coefficient (Wildman–Crippen LogP) is 1.34. The maximum Gasteiger partial charge on any atom is 0.191 e. The highest BCUT2D eigenvalue weighted by Crippen LogP contribution is 2.32. The Morgan fingerprint density at radius 1 is 1.24 bits per heavy atom. The molecule has 0 aromatic heterocycles. The number of ether oxygens (including phenoxy) is 1. The van der Waals surface area contributed by atoms with Crippen molar-refractivity contribution in [3.63, 3.8) is 0 Å². The van der Waals surface area contributed by atoms with Gasteiger partial charge in [0.05, 0.1) is 19.3 Å². The Hall–Kier alpha value is -0.850. The summed E-state index contributed by atoms with van der Waals surface area (Å²) in [6.45, 7) is 4.48. The minimum atomic E-state index is -0.522. The van der Waals surface area contributed by atoms with Crippen molar-refractivity contribution in [3.8, 4) is 0 Å². The third-order valence-corrected chi connectivity index (χ3v) is 5.85. The van der Waals surface area contributed by atoms with E-state index in [9.17, 15) is 5.11 Å². The maximum absolute atomic E-state index is 10.1. The van der Waals surface area contributed by atoms with Crippen LogP contribution in [0.25, 0.3) is 0 Å². The van der Waals surface area contributed by atoms with Crippen LogP contribution < -0.4 is 10.6 Å². The average Bonchev–Trinajstić information content (AvgIpc) is 3.38. The van der Waals surface area contributed by atoms with Crippen molar-refractivity contribution in [2.45, 2.75) is 76.1 Å². The molecule has 3 fully saturated rings. The Morgan fingerprint density at radius 3 is 2.60 bits per heavy atom. The van der Waals surface area contributed by atoms with Crippen molar-refractivity contribution < 1.29 is 9.84 Å². The van der Waals surface area contributed by atoms with Crippen LogP contribution in [0.3, 0.4) is 0 Å². The summed E-state index contributed by atoms with van der Waals surface area (Å²) in [5.41, 5.74) is 0. The van der Waals surface area contributed by atoms with Gasteiger partial charge in [0.25, 0.3) is 0 Å². The molecule has 0 radical (unpaired) electrons. The molecule has 6 nitrogen and oxygen atoms in total. The fourth-order valence-corrected chi connectivity index (χ4v) is 4.15. The van der Waals surface area contributed by atoms with Crippen molar-refractivity contribution in [1.82, 2.24) is 15.5 Å². The molecule has 0 aromatic rings. The first-order valence-corrected chi connectivity index (χ1v) is 10.2. The SMILES string of the molecule is CCNC(=NCC(O)COCC1CC1)NC1CC2CCCC(C1)N2C. The molecular weight excluding hydrogens is 316 g/mol. The molecule has 3 atom stereocenters. The number of rotatable bonds is 8. The molecule has 3 rings (SSSR count). The first kappa shape index (κ1) is 18.9. The fraction of sp³-hybridized carbons (Fsp3) is 0.947. The molecule has 25 heavy (non-hydrogen) atoms. The molecular formula is C19H36N4O2. The van der Waals surface area contributed by atoms with Gasteiger partial charge in [-0.05, 0) is 58.4 Å². The van der Waals surface area contributed by atoms with Crippen LogP contribution in [0.1, 0.15) is 51.9 Å². The van der Waals surface area contributed by atoms with Gasteiger partial charge in [0.2, 0.25) is 0 Å². The summed E-state index contributed by atoms with van der Waals surface area (Å²) >= 11 is 0. The van der Waals surface area contributed by atoms with E-state index >= 15 is 0 Å². The second-order valence-corrected chi connectivity index (χ2v) is 8.07. The predicted molar refractivity (Wildman–Crippen MR) is 101 cm³/mol. The van der Waals surface area contributed by atoms with Gasteiger partial charge in [-0.3, -0.25) is 4.99 Å². The lowest BCUT2D eigenvalue weighted by molar-refractivity contribution is 0.0367. The van der Waals surface area contributed by atoms with Crippen molar-refractivity contribution in [2.24, 2.45) is 10.9 Å². The number of nitrogens with one attached hydrogen (secondary N) is 2. The van der Waals surface area contributed by atoms with E-state index in [1.54, 1.807) is 0 Å². The van der Waals surface area contributed by atoms with Gasteiger partial charge >= 0.3 is 0 Å². The zero-order valence-corrected chi connectivity index (χ0v) is 15.9. The van der Waals surface area contributed by atoms with E-state index in [1.807, 2.05) is 0 Å². The lowest BCUT2D eigenvalue weighted by atomic mass is 9.82. The summed E-state index contributed by atoms with van der Waals surface area (Å²) in [5.74, 6) is 1.56. The Bertz CT molecular complexity index is 427. The lowest BCUT2D eigenvalue weighted by Crippen LogP contribution is -2.56. The molecule has 3 unspecified atom stereocenters. The number of guanidine groups is 1. The number of fused-ring (bicyclic) bond motifs is 2. The largest absolute Gasteiger partial charge is 0.389 e. The Labute approximate surface area is 152 Å². The van der Waals surface area contributed by atoms with Crippen LogP contribution in [0.2, 0.25) is 0 Å². The van der Waals surface area contributed by atoms with E-state index in [0.717, 1.165) is 25.0 Å². The number of aliphatic imine (C=N–C) groups is 1. The summed E-state index contributed by atoms with van der Waals surface area (Å²) in [7, 11) is 2.28. The second kappa shape index (κ2) is 9.19. The fourth-order valence-electron chi connectivity index (χ4n) is 4.15. The van der Waals surface area contributed by atoms with E-state index in [1.165, 1.54) is 44.9 Å². The summed E-state index contributed by atoms with van der Waals surface area (Å²) in [4.78, 5) is 7.16. The Kier molecular flexibility index (Phi) is 6.96. The van der Waals surface area contributed by atoms with Gasteiger partial charge in [-0.25, -0.2) is 0 Å². The standard InChI is InChI=1S/C19H36N4O2/c1-3-20-19(21-11-18(24)13-25-12-14-7-8-14)22-15-9-16-5-4-6-17(10-15)23(16)2/h14-18,24H,3-13H2,1-2H3,(H2,20,21,22). The van der Waals surface area contributed by atoms with E-state index in [2.05, 4.69) is 34.5 Å². The van der Waals surface area contributed by atoms with Crippen LogP contribution in [-0.2, 0) is 4.74 Å². The van der Waals surface area contributed by atoms with Gasteiger partial charge in [-0.15, -0.1) is 0 Å². The van der Waals surface area contributed by atoms with Crippen LogP contribution in [0, 0.1) is 5.92 Å². The second-order valence-electron chi connectivity index (χ2n) is 8.07. The molecule has 0 spiro atoms. The lowest BCUT2D eigenvalue weighted by Gasteiger charge is -2.47. The number of aliphatic hydroxyl groups is 1. The molecule has 6 heteroatoms. The van der Waals surface area contributed by atoms with Gasteiger partial charge in [0.15, 0.2) is 5.96 Å². The van der Waals surface area contributed by atoms with E-state index in [4.69, 9.17) is 4.74 Å². The molecule has 144 valence electrons. The van der Waals surface area contributed by atoms with Gasteiger partial charge in [0, 0.05) is 31.3 Å². The molecule has 2 heterocycles. The molecule has 0 aromatic carbocycles. The Morgan fingerprint density at radius 2 is 1.96 bits per heavy atom. The molecule has 3 N–H and O–H groups in total. The highest BCUT2D eigenvalue weighted by atomic mass is 16.5. The minimum absolute atomic E-state index is 0.387. The monoisotopic (exact) mass is 352 g/mol. The molecule has 2 aliphatic heterocycles. The Balaban J connectivity index is 1.44. The first-order valence-electron chi connectivity index (χ1n) is 10.2. The van der Waals surface area contributed by atoms with Crippen molar-refractivity contribution >= 4 is 5.96 Å². The first-order chi connectivity index (χ1) is 12.2. The van der Waals surface area contributed by atoms with E-state index in [0.29, 0.717) is 31.3 Å². The van der Waals surface area contributed by atoms with Gasteiger partial charge in [-0.2, -0.15) is 0 Å². The van der Waals surface area contributed by atoms with Crippen LogP contribution in [-0.4, -0.2) is 73.5 Å². The molecule has 0 amide bonds. The summed E-state index contributed by atoms with van der Waals surface area (Å²) in [6, 6.07) is 1.89. The van der Waals surface area contributed by atoms with E-state index in [-0.39, 0.29) is 0 Å².